The number of amides is 3. The molecule has 10 heteroatoms. The Hall–Kier alpha value is -3.27. The predicted octanol–water partition coefficient (Wildman–Crippen LogP) is 2.30. The van der Waals surface area contributed by atoms with Crippen LogP contribution in [0.3, 0.4) is 0 Å². The van der Waals surface area contributed by atoms with Crippen LogP contribution in [0.5, 0.6) is 11.5 Å². The van der Waals surface area contributed by atoms with E-state index in [0.717, 1.165) is 0 Å². The lowest BCUT2D eigenvalue weighted by molar-refractivity contribution is -0.133. The van der Waals surface area contributed by atoms with Crippen LogP contribution in [0.4, 0.5) is 4.39 Å². The maximum atomic E-state index is 13.7. The number of para-hydroxylation sites is 2. The van der Waals surface area contributed by atoms with E-state index in [0.29, 0.717) is 17.9 Å². The number of methoxy groups -OCH3 is 1. The monoisotopic (exact) mass is 463 g/mol. The lowest BCUT2D eigenvalue weighted by Gasteiger charge is -2.20. The van der Waals surface area contributed by atoms with Gasteiger partial charge in [0.25, 0.3) is 17.7 Å². The second-order valence-corrected chi connectivity index (χ2v) is 7.66. The van der Waals surface area contributed by atoms with Gasteiger partial charge in [0, 0.05) is 0 Å². The first-order valence-electron chi connectivity index (χ1n) is 9.81. The molecule has 0 aromatic heterocycles. The molecule has 2 aromatic rings. The summed E-state index contributed by atoms with van der Waals surface area (Å²) in [7, 11) is 1.45. The van der Waals surface area contributed by atoms with Crippen LogP contribution in [0.1, 0.15) is 23.7 Å². The first-order chi connectivity index (χ1) is 15.4. The molecule has 3 N–H and O–H groups in total. The van der Waals surface area contributed by atoms with Gasteiger partial charge in [-0.25, -0.2) is 4.39 Å². The standard InChI is InChI=1S/C22H26FN3O5S/c1-14(31-19-11-7-5-9-16(19)23)20(27)25-26-22(29)17(12-13-32-3)24-21(28)15-8-4-6-10-18(15)30-2/h4-11,14,17H,12-13H2,1-3H3,(H,24,28)(H,25,27)(H,26,29)/t14-,17-/m1/s1. The van der Waals surface area contributed by atoms with E-state index < -0.39 is 35.7 Å². The average molecular weight is 464 g/mol. The van der Waals surface area contributed by atoms with Gasteiger partial charge in [-0.1, -0.05) is 24.3 Å². The second kappa shape index (κ2) is 12.6. The molecule has 0 fully saturated rings. The number of rotatable bonds is 10. The molecule has 0 radical (unpaired) electrons. The first kappa shape index (κ1) is 25.0. The fourth-order valence-electron chi connectivity index (χ4n) is 2.67. The van der Waals surface area contributed by atoms with Crippen LogP contribution in [-0.2, 0) is 9.59 Å². The summed E-state index contributed by atoms with van der Waals surface area (Å²) in [5.74, 6) is -1.47. The highest BCUT2D eigenvalue weighted by Crippen LogP contribution is 2.18. The zero-order chi connectivity index (χ0) is 23.5. The SMILES string of the molecule is COc1ccccc1C(=O)N[C@H](CCSC)C(=O)NNC(=O)[C@@H](C)Oc1ccccc1F. The highest BCUT2D eigenvalue weighted by atomic mass is 32.2. The van der Waals surface area contributed by atoms with Gasteiger partial charge >= 0.3 is 0 Å². The molecule has 2 aromatic carbocycles. The van der Waals surface area contributed by atoms with E-state index in [2.05, 4.69) is 16.2 Å². The van der Waals surface area contributed by atoms with Gasteiger partial charge in [0.15, 0.2) is 17.7 Å². The van der Waals surface area contributed by atoms with Crippen LogP contribution in [0.15, 0.2) is 48.5 Å². The highest BCUT2D eigenvalue weighted by Gasteiger charge is 2.24. The van der Waals surface area contributed by atoms with Crippen LogP contribution in [-0.4, -0.2) is 49.0 Å². The Bertz CT molecular complexity index is 943. The lowest BCUT2D eigenvalue weighted by atomic mass is 10.1. The Labute approximate surface area is 190 Å². The smallest absolute Gasteiger partial charge is 0.279 e. The molecule has 32 heavy (non-hydrogen) atoms. The molecule has 0 bridgehead atoms. The molecule has 0 aliphatic carbocycles. The molecule has 172 valence electrons. The summed E-state index contributed by atoms with van der Waals surface area (Å²) in [6.45, 7) is 1.42. The van der Waals surface area contributed by atoms with Crippen molar-refractivity contribution >= 4 is 29.5 Å². The number of nitrogens with one attached hydrogen (secondary N) is 3. The normalized spacial score (nSPS) is 12.2. The maximum absolute atomic E-state index is 13.7. The van der Waals surface area contributed by atoms with Gasteiger partial charge in [-0.15, -0.1) is 0 Å². The van der Waals surface area contributed by atoms with Gasteiger partial charge in [0.05, 0.1) is 12.7 Å². The van der Waals surface area contributed by atoms with Crippen molar-refractivity contribution in [2.45, 2.75) is 25.5 Å². The molecule has 2 rings (SSSR count). The van der Waals surface area contributed by atoms with E-state index in [1.807, 2.05) is 6.26 Å². The molecule has 3 amide bonds. The van der Waals surface area contributed by atoms with Gasteiger partial charge in [-0.2, -0.15) is 11.8 Å². The molecule has 0 saturated carbocycles. The number of carbonyl (C=O) groups is 3. The Kier molecular flexibility index (Phi) is 9.80. The van der Waals surface area contributed by atoms with Gasteiger partial charge in [0.2, 0.25) is 0 Å². The van der Waals surface area contributed by atoms with Crippen molar-refractivity contribution in [3.63, 3.8) is 0 Å². The molecule has 0 saturated heterocycles. The molecule has 0 unspecified atom stereocenters. The number of thioether (sulfide) groups is 1. The van der Waals surface area contributed by atoms with E-state index in [9.17, 15) is 18.8 Å². The second-order valence-electron chi connectivity index (χ2n) is 6.68. The number of ether oxygens (including phenoxy) is 2. The molecule has 0 aliphatic rings. The van der Waals surface area contributed by atoms with E-state index in [4.69, 9.17) is 9.47 Å². The minimum absolute atomic E-state index is 0.0802. The highest BCUT2D eigenvalue weighted by molar-refractivity contribution is 7.98. The fraction of sp³-hybridized carbons (Fsp3) is 0.318. The average Bonchev–Trinajstić information content (AvgIpc) is 2.81. The van der Waals surface area contributed by atoms with E-state index >= 15 is 0 Å². The Balaban J connectivity index is 1.97. The van der Waals surface area contributed by atoms with Gasteiger partial charge in [0.1, 0.15) is 11.8 Å². The third-order valence-corrected chi connectivity index (χ3v) is 5.05. The number of hydrazine groups is 1. The lowest BCUT2D eigenvalue weighted by Crippen LogP contribution is -2.54. The predicted molar refractivity (Wildman–Crippen MR) is 120 cm³/mol. The van der Waals surface area contributed by atoms with Gasteiger partial charge in [-0.05, 0) is 49.6 Å². The number of hydrogen-bond acceptors (Lipinski definition) is 6. The minimum atomic E-state index is -1.07. The summed E-state index contributed by atoms with van der Waals surface area (Å²) in [4.78, 5) is 37.5. The van der Waals surface area contributed by atoms with Crippen molar-refractivity contribution in [3.8, 4) is 11.5 Å². The minimum Gasteiger partial charge on any atom is -0.496 e. The van der Waals surface area contributed by atoms with Crippen LogP contribution in [0.2, 0.25) is 0 Å². The van der Waals surface area contributed by atoms with E-state index in [1.54, 1.807) is 30.3 Å². The fourth-order valence-corrected chi connectivity index (χ4v) is 3.14. The summed E-state index contributed by atoms with van der Waals surface area (Å²) < 4.78 is 24.2. The molecular weight excluding hydrogens is 437 g/mol. The number of carbonyl (C=O) groups excluding carboxylic acids is 3. The number of benzene rings is 2. The Morgan fingerprint density at radius 1 is 1.00 bits per heavy atom. The number of hydrogen-bond donors (Lipinski definition) is 3. The molecule has 0 spiro atoms. The zero-order valence-electron chi connectivity index (χ0n) is 18.0. The molecule has 2 atom stereocenters. The van der Waals surface area contributed by atoms with Crippen molar-refractivity contribution in [3.05, 3.63) is 59.9 Å². The Morgan fingerprint density at radius 2 is 1.62 bits per heavy atom. The van der Waals surface area contributed by atoms with E-state index in [-0.39, 0.29) is 11.3 Å². The summed E-state index contributed by atoms with van der Waals surface area (Å²) >= 11 is 1.51. The summed E-state index contributed by atoms with van der Waals surface area (Å²) in [5, 5.41) is 2.67. The topological polar surface area (TPSA) is 106 Å². The first-order valence-corrected chi connectivity index (χ1v) is 11.2. The molecular formula is C22H26FN3O5S. The van der Waals surface area contributed by atoms with Crippen LogP contribution < -0.4 is 25.6 Å². The van der Waals surface area contributed by atoms with Crippen molar-refractivity contribution < 1.29 is 28.2 Å². The summed E-state index contributed by atoms with van der Waals surface area (Å²) in [6.07, 6.45) is 1.14. The van der Waals surface area contributed by atoms with Crippen LogP contribution in [0.25, 0.3) is 0 Å². The van der Waals surface area contributed by atoms with Crippen molar-refractivity contribution in [2.24, 2.45) is 0 Å². The molecule has 0 heterocycles. The quantitative estimate of drug-likeness (QED) is 0.467. The molecule has 8 nitrogen and oxygen atoms in total. The van der Waals surface area contributed by atoms with E-state index in [1.165, 1.54) is 44.0 Å². The van der Waals surface area contributed by atoms with Crippen LogP contribution >= 0.6 is 11.8 Å². The van der Waals surface area contributed by atoms with Gasteiger partial charge in [-0.3, -0.25) is 25.2 Å². The van der Waals surface area contributed by atoms with Crippen molar-refractivity contribution in [1.82, 2.24) is 16.2 Å². The Morgan fingerprint density at radius 3 is 2.28 bits per heavy atom. The summed E-state index contributed by atoms with van der Waals surface area (Å²) in [5.41, 5.74) is 4.82. The number of halogens is 1. The summed E-state index contributed by atoms with van der Waals surface area (Å²) in [6, 6.07) is 11.4. The van der Waals surface area contributed by atoms with Crippen molar-refractivity contribution in [2.75, 3.05) is 19.1 Å². The third kappa shape index (κ3) is 7.16. The van der Waals surface area contributed by atoms with Crippen molar-refractivity contribution in [1.29, 1.82) is 0 Å². The zero-order valence-corrected chi connectivity index (χ0v) is 18.8. The van der Waals surface area contributed by atoms with Crippen LogP contribution in [0, 0.1) is 5.82 Å². The maximum Gasteiger partial charge on any atom is 0.279 e. The third-order valence-electron chi connectivity index (χ3n) is 4.40. The molecule has 0 aliphatic heterocycles. The van der Waals surface area contributed by atoms with Gasteiger partial charge < -0.3 is 14.8 Å². The largest absolute Gasteiger partial charge is 0.496 e.